The van der Waals surface area contributed by atoms with Crippen molar-refractivity contribution < 1.29 is 9.53 Å². The molecular formula is C21H30N4O2S. The van der Waals surface area contributed by atoms with Gasteiger partial charge < -0.3 is 14.2 Å². The summed E-state index contributed by atoms with van der Waals surface area (Å²) in [6, 6.07) is 6.05. The fourth-order valence-corrected chi connectivity index (χ4v) is 4.43. The Morgan fingerprint density at radius 2 is 2.14 bits per heavy atom. The number of ether oxygens (including phenoxy) is 1. The van der Waals surface area contributed by atoms with E-state index in [0.717, 1.165) is 48.3 Å². The van der Waals surface area contributed by atoms with Crippen LogP contribution in [0.4, 0.5) is 0 Å². The minimum atomic E-state index is 0.190. The molecule has 1 saturated heterocycles. The Morgan fingerprint density at radius 3 is 2.89 bits per heavy atom. The second-order valence-corrected chi connectivity index (χ2v) is 8.45. The number of nitrogens with zero attached hydrogens (tertiary/aromatic N) is 4. The second kappa shape index (κ2) is 9.45. The standard InChI is InChI=1S/C21H30N4O2S/c1-5-25-19(13-27-18-10-6-9-16(3)17(18)4)22-23-21(25)28-14-20(26)24-11-7-8-15(2)12-24/h6,9-10,15H,5,7-8,11-14H2,1-4H3/t15-/m1/s1. The zero-order valence-corrected chi connectivity index (χ0v) is 18.1. The summed E-state index contributed by atoms with van der Waals surface area (Å²) in [7, 11) is 0. The fourth-order valence-electron chi connectivity index (χ4n) is 3.51. The lowest BCUT2D eigenvalue weighted by Gasteiger charge is -2.30. The Morgan fingerprint density at radius 1 is 1.32 bits per heavy atom. The van der Waals surface area contributed by atoms with Crippen molar-refractivity contribution in [2.75, 3.05) is 18.8 Å². The van der Waals surface area contributed by atoms with Crippen LogP contribution in [0.2, 0.25) is 0 Å². The maximum atomic E-state index is 12.5. The number of hydrogen-bond acceptors (Lipinski definition) is 5. The number of carbonyl (C=O) groups excluding carboxylic acids is 1. The molecule has 7 heteroatoms. The largest absolute Gasteiger partial charge is 0.485 e. The molecule has 0 N–H and O–H groups in total. The fraction of sp³-hybridized carbons (Fsp3) is 0.571. The van der Waals surface area contributed by atoms with E-state index in [-0.39, 0.29) is 5.91 Å². The first kappa shape index (κ1) is 20.7. The molecule has 3 rings (SSSR count). The number of thioether (sulfide) groups is 1. The van der Waals surface area contributed by atoms with E-state index in [4.69, 9.17) is 4.74 Å². The van der Waals surface area contributed by atoms with Crippen molar-refractivity contribution in [1.82, 2.24) is 19.7 Å². The van der Waals surface area contributed by atoms with Crippen molar-refractivity contribution in [1.29, 1.82) is 0 Å². The van der Waals surface area contributed by atoms with Crippen LogP contribution in [0.25, 0.3) is 0 Å². The van der Waals surface area contributed by atoms with Crippen LogP contribution in [0.3, 0.4) is 0 Å². The van der Waals surface area contributed by atoms with E-state index in [0.29, 0.717) is 18.3 Å². The summed E-state index contributed by atoms with van der Waals surface area (Å²) in [5.74, 6) is 2.84. The third kappa shape index (κ3) is 4.87. The molecule has 1 fully saturated rings. The third-order valence-electron chi connectivity index (χ3n) is 5.36. The molecule has 0 bridgehead atoms. The van der Waals surface area contributed by atoms with Gasteiger partial charge in [0.15, 0.2) is 11.0 Å². The van der Waals surface area contributed by atoms with Gasteiger partial charge in [-0.2, -0.15) is 0 Å². The lowest BCUT2D eigenvalue weighted by Crippen LogP contribution is -2.40. The van der Waals surface area contributed by atoms with E-state index in [1.807, 2.05) is 21.6 Å². The Balaban J connectivity index is 1.60. The topological polar surface area (TPSA) is 60.2 Å². The van der Waals surface area contributed by atoms with E-state index in [1.165, 1.54) is 23.7 Å². The van der Waals surface area contributed by atoms with Crippen molar-refractivity contribution in [2.24, 2.45) is 5.92 Å². The van der Waals surface area contributed by atoms with Crippen molar-refractivity contribution in [3.05, 3.63) is 35.2 Å². The summed E-state index contributed by atoms with van der Waals surface area (Å²) in [6.07, 6.45) is 2.31. The van der Waals surface area contributed by atoms with Gasteiger partial charge in [0.05, 0.1) is 5.75 Å². The van der Waals surface area contributed by atoms with Gasteiger partial charge >= 0.3 is 0 Å². The predicted octanol–water partition coefficient (Wildman–Crippen LogP) is 3.84. The number of piperidine rings is 1. The van der Waals surface area contributed by atoms with Crippen LogP contribution >= 0.6 is 11.8 Å². The Hall–Kier alpha value is -2.02. The molecule has 1 aliphatic heterocycles. The molecule has 1 atom stereocenters. The summed E-state index contributed by atoms with van der Waals surface area (Å²) in [5, 5.41) is 9.37. The Bertz CT molecular complexity index is 821. The predicted molar refractivity (Wildman–Crippen MR) is 112 cm³/mol. The highest BCUT2D eigenvalue weighted by Gasteiger charge is 2.22. The van der Waals surface area contributed by atoms with E-state index in [1.54, 1.807) is 0 Å². The van der Waals surface area contributed by atoms with Crippen LogP contribution in [0.15, 0.2) is 23.4 Å². The zero-order chi connectivity index (χ0) is 20.1. The third-order valence-corrected chi connectivity index (χ3v) is 6.31. The summed E-state index contributed by atoms with van der Waals surface area (Å²) >= 11 is 1.47. The number of hydrogen-bond donors (Lipinski definition) is 0. The molecule has 1 aliphatic rings. The molecule has 0 spiro atoms. The monoisotopic (exact) mass is 402 g/mol. The first-order chi connectivity index (χ1) is 13.5. The maximum absolute atomic E-state index is 12.5. The van der Waals surface area contributed by atoms with Crippen LogP contribution in [-0.4, -0.2) is 44.4 Å². The van der Waals surface area contributed by atoms with Crippen LogP contribution in [0.1, 0.15) is 43.6 Å². The second-order valence-electron chi connectivity index (χ2n) is 7.51. The molecular weight excluding hydrogens is 372 g/mol. The highest BCUT2D eigenvalue weighted by Crippen LogP contribution is 2.23. The van der Waals surface area contributed by atoms with Gasteiger partial charge in [-0.25, -0.2) is 0 Å². The molecule has 6 nitrogen and oxygen atoms in total. The van der Waals surface area contributed by atoms with Crippen LogP contribution in [0.5, 0.6) is 5.75 Å². The zero-order valence-electron chi connectivity index (χ0n) is 17.3. The van der Waals surface area contributed by atoms with E-state index >= 15 is 0 Å². The SMILES string of the molecule is CCn1c(COc2cccc(C)c2C)nnc1SCC(=O)N1CCC[C@@H](C)C1. The average molecular weight is 403 g/mol. The number of aryl methyl sites for hydroxylation is 1. The summed E-state index contributed by atoms with van der Waals surface area (Å²) in [4.78, 5) is 14.5. The lowest BCUT2D eigenvalue weighted by molar-refractivity contribution is -0.130. The molecule has 0 unspecified atom stereocenters. The van der Waals surface area contributed by atoms with Gasteiger partial charge in [-0.05, 0) is 56.7 Å². The summed E-state index contributed by atoms with van der Waals surface area (Å²) in [5.41, 5.74) is 2.34. The summed E-state index contributed by atoms with van der Waals surface area (Å²) in [6.45, 7) is 11.3. The van der Waals surface area contributed by atoms with Crippen LogP contribution in [-0.2, 0) is 17.9 Å². The van der Waals surface area contributed by atoms with Crippen LogP contribution < -0.4 is 4.74 Å². The summed E-state index contributed by atoms with van der Waals surface area (Å²) < 4.78 is 8.01. The first-order valence-corrected chi connectivity index (χ1v) is 11.0. The molecule has 2 aromatic rings. The number of amides is 1. The van der Waals surface area contributed by atoms with Crippen molar-refractivity contribution in [3.63, 3.8) is 0 Å². The normalized spacial score (nSPS) is 17.0. The molecule has 152 valence electrons. The highest BCUT2D eigenvalue weighted by molar-refractivity contribution is 7.99. The quantitative estimate of drug-likeness (QED) is 0.659. The van der Waals surface area contributed by atoms with Gasteiger partial charge in [0.25, 0.3) is 0 Å². The van der Waals surface area contributed by atoms with Gasteiger partial charge in [0, 0.05) is 19.6 Å². The Kier molecular flexibility index (Phi) is 6.99. The smallest absolute Gasteiger partial charge is 0.233 e. The molecule has 1 amide bonds. The molecule has 0 radical (unpaired) electrons. The number of carbonyl (C=O) groups is 1. The number of likely N-dealkylation sites (tertiary alicyclic amines) is 1. The van der Waals surface area contributed by atoms with Gasteiger partial charge in [0.1, 0.15) is 12.4 Å². The number of aromatic nitrogens is 3. The molecule has 0 aliphatic carbocycles. The lowest BCUT2D eigenvalue weighted by atomic mass is 10.0. The molecule has 28 heavy (non-hydrogen) atoms. The Labute approximate surface area is 171 Å². The van der Waals surface area contributed by atoms with E-state index < -0.39 is 0 Å². The van der Waals surface area contributed by atoms with Crippen molar-refractivity contribution >= 4 is 17.7 Å². The minimum absolute atomic E-state index is 0.190. The first-order valence-electron chi connectivity index (χ1n) is 10.0. The van der Waals surface area contributed by atoms with Gasteiger partial charge in [-0.1, -0.05) is 30.8 Å². The van der Waals surface area contributed by atoms with Gasteiger partial charge in [0.2, 0.25) is 5.91 Å². The van der Waals surface area contributed by atoms with Crippen molar-refractivity contribution in [2.45, 2.75) is 58.8 Å². The number of rotatable bonds is 7. The molecule has 1 aromatic heterocycles. The molecule has 2 heterocycles. The van der Waals surface area contributed by atoms with Gasteiger partial charge in [-0.3, -0.25) is 4.79 Å². The average Bonchev–Trinajstić information content (AvgIpc) is 3.09. The van der Waals surface area contributed by atoms with Crippen molar-refractivity contribution in [3.8, 4) is 5.75 Å². The number of benzene rings is 1. The minimum Gasteiger partial charge on any atom is -0.485 e. The highest BCUT2D eigenvalue weighted by atomic mass is 32.2. The molecule has 1 aromatic carbocycles. The van der Waals surface area contributed by atoms with E-state index in [2.05, 4.69) is 44.0 Å². The van der Waals surface area contributed by atoms with E-state index in [9.17, 15) is 4.79 Å². The van der Waals surface area contributed by atoms with Crippen LogP contribution in [0, 0.1) is 19.8 Å². The maximum Gasteiger partial charge on any atom is 0.233 e. The molecule has 0 saturated carbocycles. The van der Waals surface area contributed by atoms with Gasteiger partial charge in [-0.15, -0.1) is 10.2 Å².